The van der Waals surface area contributed by atoms with Crippen molar-refractivity contribution in [2.75, 3.05) is 6.61 Å². The molecule has 0 aliphatic carbocycles. The Labute approximate surface area is 132 Å². The van der Waals surface area contributed by atoms with Gasteiger partial charge in [-0.2, -0.15) is 0 Å². The van der Waals surface area contributed by atoms with Gasteiger partial charge in [-0.3, -0.25) is 4.79 Å². The number of allylic oxidation sites excluding steroid dienone is 2. The van der Waals surface area contributed by atoms with Crippen molar-refractivity contribution < 1.29 is 19.7 Å². The SMILES string of the molecule is C=C(C)CC(Cl)CCC(=O)/C=C/C(O)CCOC(C)(C)O. The summed E-state index contributed by atoms with van der Waals surface area (Å²) in [7, 11) is 0. The van der Waals surface area contributed by atoms with E-state index in [1.165, 1.54) is 26.0 Å². The van der Waals surface area contributed by atoms with Crippen LogP contribution in [0.5, 0.6) is 0 Å². The highest BCUT2D eigenvalue weighted by Crippen LogP contribution is 2.15. The average molecular weight is 319 g/mol. The van der Waals surface area contributed by atoms with Crippen LogP contribution in [0.2, 0.25) is 0 Å². The Bertz CT molecular complexity index is 358. The third-order valence-corrected chi connectivity index (χ3v) is 3.02. The lowest BCUT2D eigenvalue weighted by atomic mass is 10.1. The highest BCUT2D eigenvalue weighted by atomic mass is 35.5. The van der Waals surface area contributed by atoms with Crippen molar-refractivity contribution in [1.82, 2.24) is 0 Å². The quantitative estimate of drug-likeness (QED) is 0.266. The molecule has 2 N–H and O–H groups in total. The summed E-state index contributed by atoms with van der Waals surface area (Å²) in [5.41, 5.74) is 1.00. The van der Waals surface area contributed by atoms with Gasteiger partial charge < -0.3 is 14.9 Å². The molecule has 0 heterocycles. The molecule has 0 aliphatic heterocycles. The first-order valence-electron chi connectivity index (χ1n) is 7.14. The molecule has 0 saturated heterocycles. The number of aliphatic hydroxyl groups excluding tert-OH is 1. The molecule has 0 bridgehead atoms. The molecule has 0 aromatic carbocycles. The Hall–Kier alpha value is -0.680. The number of carbonyl (C=O) groups is 1. The summed E-state index contributed by atoms with van der Waals surface area (Å²) < 4.78 is 5.07. The van der Waals surface area contributed by atoms with Crippen molar-refractivity contribution in [1.29, 1.82) is 0 Å². The van der Waals surface area contributed by atoms with Gasteiger partial charge in [0.1, 0.15) is 0 Å². The summed E-state index contributed by atoms with van der Waals surface area (Å²) in [5, 5.41) is 18.9. The predicted octanol–water partition coefficient (Wildman–Crippen LogP) is 2.96. The lowest BCUT2D eigenvalue weighted by Crippen LogP contribution is -2.25. The van der Waals surface area contributed by atoms with Gasteiger partial charge in [0.25, 0.3) is 0 Å². The van der Waals surface area contributed by atoms with Crippen molar-refractivity contribution in [3.63, 3.8) is 0 Å². The van der Waals surface area contributed by atoms with Crippen molar-refractivity contribution in [3.8, 4) is 0 Å². The Morgan fingerprint density at radius 2 is 2.05 bits per heavy atom. The molecule has 0 fully saturated rings. The van der Waals surface area contributed by atoms with Gasteiger partial charge in [0.05, 0.1) is 12.7 Å². The van der Waals surface area contributed by atoms with Crippen LogP contribution < -0.4 is 0 Å². The topological polar surface area (TPSA) is 66.8 Å². The predicted molar refractivity (Wildman–Crippen MR) is 85.3 cm³/mol. The Morgan fingerprint density at radius 1 is 1.43 bits per heavy atom. The molecule has 0 aromatic heterocycles. The van der Waals surface area contributed by atoms with Crippen molar-refractivity contribution in [2.45, 2.75) is 63.7 Å². The van der Waals surface area contributed by atoms with E-state index in [1.807, 2.05) is 6.92 Å². The van der Waals surface area contributed by atoms with E-state index in [2.05, 4.69) is 6.58 Å². The zero-order valence-electron chi connectivity index (χ0n) is 13.1. The molecule has 2 unspecified atom stereocenters. The van der Waals surface area contributed by atoms with Crippen LogP contribution in [0.1, 0.15) is 46.5 Å². The number of hydrogen-bond donors (Lipinski definition) is 2. The van der Waals surface area contributed by atoms with Gasteiger partial charge >= 0.3 is 0 Å². The fourth-order valence-corrected chi connectivity index (χ4v) is 1.98. The maximum atomic E-state index is 11.6. The Morgan fingerprint density at radius 3 is 2.57 bits per heavy atom. The first-order chi connectivity index (χ1) is 9.60. The fourth-order valence-electron chi connectivity index (χ4n) is 1.61. The van der Waals surface area contributed by atoms with Crippen LogP contribution in [0.25, 0.3) is 0 Å². The Balaban J connectivity index is 3.90. The highest BCUT2D eigenvalue weighted by Gasteiger charge is 2.13. The van der Waals surface area contributed by atoms with Gasteiger partial charge in [-0.15, -0.1) is 18.2 Å². The van der Waals surface area contributed by atoms with E-state index in [0.29, 0.717) is 25.7 Å². The lowest BCUT2D eigenvalue weighted by molar-refractivity contribution is -0.178. The van der Waals surface area contributed by atoms with Gasteiger partial charge in [0.15, 0.2) is 11.6 Å². The summed E-state index contributed by atoms with van der Waals surface area (Å²) in [6, 6.07) is 0. The van der Waals surface area contributed by atoms with Crippen LogP contribution in [0.3, 0.4) is 0 Å². The zero-order chi connectivity index (χ0) is 16.5. The smallest absolute Gasteiger partial charge is 0.159 e. The molecule has 0 rings (SSSR count). The summed E-state index contributed by atoms with van der Waals surface area (Å²) in [6.45, 7) is 8.94. The second-order valence-electron chi connectivity index (χ2n) is 5.77. The highest BCUT2D eigenvalue weighted by molar-refractivity contribution is 6.20. The lowest BCUT2D eigenvalue weighted by Gasteiger charge is -2.18. The van der Waals surface area contributed by atoms with Gasteiger partial charge in [0, 0.05) is 18.2 Å². The van der Waals surface area contributed by atoms with Crippen LogP contribution in [0.4, 0.5) is 0 Å². The first-order valence-corrected chi connectivity index (χ1v) is 7.57. The van der Waals surface area contributed by atoms with Crippen LogP contribution in [0, 0.1) is 0 Å². The molecule has 0 spiro atoms. The number of carbonyl (C=O) groups excluding carboxylic acids is 1. The second kappa shape index (κ2) is 10.1. The van der Waals surface area contributed by atoms with Crippen LogP contribution >= 0.6 is 11.6 Å². The van der Waals surface area contributed by atoms with Crippen LogP contribution in [-0.2, 0) is 9.53 Å². The van der Waals surface area contributed by atoms with Crippen molar-refractivity contribution in [3.05, 3.63) is 24.3 Å². The van der Waals surface area contributed by atoms with Crippen LogP contribution in [0.15, 0.2) is 24.3 Å². The van der Waals surface area contributed by atoms with Crippen molar-refractivity contribution >= 4 is 17.4 Å². The third kappa shape index (κ3) is 14.0. The molecule has 21 heavy (non-hydrogen) atoms. The maximum absolute atomic E-state index is 11.6. The largest absolute Gasteiger partial charge is 0.389 e. The molecule has 0 saturated carbocycles. The third-order valence-electron chi connectivity index (χ3n) is 2.65. The monoisotopic (exact) mass is 318 g/mol. The molecule has 4 nitrogen and oxygen atoms in total. The van der Waals surface area contributed by atoms with E-state index < -0.39 is 11.9 Å². The van der Waals surface area contributed by atoms with Crippen LogP contribution in [-0.4, -0.2) is 39.9 Å². The van der Waals surface area contributed by atoms with E-state index in [9.17, 15) is 15.0 Å². The molecule has 0 radical (unpaired) electrons. The number of ketones is 1. The summed E-state index contributed by atoms with van der Waals surface area (Å²) in [5.74, 6) is -1.28. The number of hydrogen-bond acceptors (Lipinski definition) is 4. The number of ether oxygens (including phenoxy) is 1. The number of alkyl halides is 1. The Kier molecular flexibility index (Phi) is 9.79. The minimum absolute atomic E-state index is 0.0650. The van der Waals surface area contributed by atoms with E-state index in [0.717, 1.165) is 5.57 Å². The standard InChI is InChI=1S/C16H27ClO4/c1-12(2)11-13(17)5-6-14(18)7-8-15(19)9-10-21-16(3,4)20/h7-8,13,15,19-20H,1,5-6,9-11H2,2-4H3/b8-7+. The average Bonchev–Trinajstić information content (AvgIpc) is 2.31. The molecular formula is C16H27ClO4. The van der Waals surface area contributed by atoms with E-state index in [4.69, 9.17) is 16.3 Å². The summed E-state index contributed by atoms with van der Waals surface area (Å²) >= 11 is 6.07. The van der Waals surface area contributed by atoms with Gasteiger partial charge in [0.2, 0.25) is 0 Å². The minimum atomic E-state index is -1.21. The van der Waals surface area contributed by atoms with E-state index >= 15 is 0 Å². The van der Waals surface area contributed by atoms with Gasteiger partial charge in [-0.05, 0) is 39.7 Å². The zero-order valence-corrected chi connectivity index (χ0v) is 13.9. The minimum Gasteiger partial charge on any atom is -0.389 e. The molecule has 122 valence electrons. The molecule has 2 atom stereocenters. The van der Waals surface area contributed by atoms with Crippen molar-refractivity contribution in [2.24, 2.45) is 0 Å². The number of rotatable bonds is 11. The van der Waals surface area contributed by atoms with E-state index in [-0.39, 0.29) is 17.8 Å². The number of halogens is 1. The normalized spacial score (nSPS) is 15.1. The fraction of sp³-hybridized carbons (Fsp3) is 0.688. The molecular weight excluding hydrogens is 292 g/mol. The second-order valence-corrected chi connectivity index (χ2v) is 6.39. The molecule has 0 aromatic rings. The summed E-state index contributed by atoms with van der Waals surface area (Å²) in [6.07, 6.45) is 4.02. The summed E-state index contributed by atoms with van der Waals surface area (Å²) in [4.78, 5) is 11.6. The van der Waals surface area contributed by atoms with E-state index in [1.54, 1.807) is 0 Å². The first kappa shape index (κ1) is 20.3. The molecule has 5 heteroatoms. The number of aliphatic hydroxyl groups is 2. The van der Waals surface area contributed by atoms with Gasteiger partial charge in [-0.1, -0.05) is 11.6 Å². The van der Waals surface area contributed by atoms with Gasteiger partial charge in [-0.25, -0.2) is 0 Å². The molecule has 0 amide bonds. The maximum Gasteiger partial charge on any atom is 0.159 e. The molecule has 0 aliphatic rings.